The van der Waals surface area contributed by atoms with Gasteiger partial charge in [0.2, 0.25) is 5.91 Å². The molecule has 1 aromatic rings. The van der Waals surface area contributed by atoms with Gasteiger partial charge in [-0.05, 0) is 24.6 Å². The molecule has 0 radical (unpaired) electrons. The second-order valence-electron chi connectivity index (χ2n) is 4.83. The maximum Gasteiger partial charge on any atom is 0.262 e. The van der Waals surface area contributed by atoms with Gasteiger partial charge in [0.15, 0.2) is 11.1 Å². The van der Waals surface area contributed by atoms with Crippen molar-refractivity contribution in [3.05, 3.63) is 23.8 Å². The van der Waals surface area contributed by atoms with Gasteiger partial charge in [0.25, 0.3) is 5.91 Å². The van der Waals surface area contributed by atoms with Crippen LogP contribution >= 0.6 is 11.8 Å². The molecule has 1 heterocycles. The third-order valence-electron chi connectivity index (χ3n) is 2.95. The van der Waals surface area contributed by atoms with E-state index in [-0.39, 0.29) is 23.5 Å². The van der Waals surface area contributed by atoms with Gasteiger partial charge in [-0.3, -0.25) is 9.59 Å². The normalized spacial score (nSPS) is 16.7. The van der Waals surface area contributed by atoms with Crippen LogP contribution in [0.3, 0.4) is 0 Å². The number of aryl methyl sites for hydroxylation is 1. The summed E-state index contributed by atoms with van der Waals surface area (Å²) in [6.07, 6.45) is -0.0341. The zero-order chi connectivity index (χ0) is 17.0. The second-order valence-corrected chi connectivity index (χ2v) is 6.00. The first-order chi connectivity index (χ1) is 10.9. The molecule has 0 bridgehead atoms. The summed E-state index contributed by atoms with van der Waals surface area (Å²) in [4.78, 5) is 31.3. The highest BCUT2D eigenvalue weighted by Gasteiger charge is 2.30. The number of carbonyl (C=O) groups excluding carboxylic acids is 2. The molecule has 1 aliphatic heterocycles. The standard InChI is InChI=1S/C14H17N5O3S/c1-7-3-4-9(22-2)8(5-7)17-11(20)6-10-12(21)18-14(23-10)19-13(15)16/h3-5,10H,6H2,1-2H3,(H,17,20)(H4,15,16,18,19,21)/t10-/m1/s1. The van der Waals surface area contributed by atoms with E-state index in [0.29, 0.717) is 11.4 Å². The van der Waals surface area contributed by atoms with Gasteiger partial charge < -0.3 is 21.5 Å². The molecule has 0 aromatic heterocycles. The molecule has 1 aliphatic rings. The Labute approximate surface area is 137 Å². The van der Waals surface area contributed by atoms with Crippen molar-refractivity contribution in [1.29, 1.82) is 0 Å². The van der Waals surface area contributed by atoms with Gasteiger partial charge in [0, 0.05) is 6.42 Å². The molecule has 1 atom stereocenters. The summed E-state index contributed by atoms with van der Waals surface area (Å²) in [7, 11) is 1.52. The quantitative estimate of drug-likeness (QED) is 0.545. The monoisotopic (exact) mass is 335 g/mol. The lowest BCUT2D eigenvalue weighted by atomic mass is 10.2. The number of amides is 2. The lowest BCUT2D eigenvalue weighted by Gasteiger charge is -2.12. The van der Waals surface area contributed by atoms with Crippen LogP contribution in [-0.4, -0.2) is 35.3 Å². The van der Waals surface area contributed by atoms with Gasteiger partial charge >= 0.3 is 0 Å². The predicted molar refractivity (Wildman–Crippen MR) is 90.6 cm³/mol. The van der Waals surface area contributed by atoms with E-state index < -0.39 is 11.2 Å². The van der Waals surface area contributed by atoms with E-state index in [9.17, 15) is 9.59 Å². The van der Waals surface area contributed by atoms with E-state index in [1.165, 1.54) is 7.11 Å². The van der Waals surface area contributed by atoms with Crippen molar-refractivity contribution in [2.24, 2.45) is 21.5 Å². The number of hydrogen-bond acceptors (Lipinski definition) is 5. The smallest absolute Gasteiger partial charge is 0.262 e. The van der Waals surface area contributed by atoms with Crippen LogP contribution in [0.1, 0.15) is 12.0 Å². The fourth-order valence-electron chi connectivity index (χ4n) is 1.95. The highest BCUT2D eigenvalue weighted by Crippen LogP contribution is 2.28. The summed E-state index contributed by atoms with van der Waals surface area (Å²) in [6, 6.07) is 5.43. The molecule has 2 amide bonds. The molecule has 0 aliphatic carbocycles. The minimum absolute atomic E-state index is 0.0341. The summed E-state index contributed by atoms with van der Waals surface area (Å²) >= 11 is 1.06. The lowest BCUT2D eigenvalue weighted by molar-refractivity contribution is -0.121. The first-order valence-electron chi connectivity index (χ1n) is 6.72. The number of nitrogens with one attached hydrogen (secondary N) is 1. The van der Waals surface area contributed by atoms with Crippen LogP contribution in [-0.2, 0) is 9.59 Å². The number of ether oxygens (including phenoxy) is 1. The van der Waals surface area contributed by atoms with E-state index in [1.807, 2.05) is 13.0 Å². The number of hydrogen-bond donors (Lipinski definition) is 3. The van der Waals surface area contributed by atoms with Gasteiger partial charge in [-0.1, -0.05) is 17.8 Å². The Bertz CT molecular complexity index is 698. The molecule has 8 nitrogen and oxygen atoms in total. The minimum Gasteiger partial charge on any atom is -0.495 e. The van der Waals surface area contributed by atoms with E-state index in [0.717, 1.165) is 17.3 Å². The summed E-state index contributed by atoms with van der Waals surface area (Å²) in [5.74, 6) is -0.382. The van der Waals surface area contributed by atoms with Crippen LogP contribution in [0.25, 0.3) is 0 Å². The number of methoxy groups -OCH3 is 1. The van der Waals surface area contributed by atoms with Crippen molar-refractivity contribution in [2.45, 2.75) is 18.6 Å². The van der Waals surface area contributed by atoms with E-state index in [1.54, 1.807) is 12.1 Å². The average molecular weight is 335 g/mol. The maximum absolute atomic E-state index is 12.2. The molecule has 5 N–H and O–H groups in total. The number of guanidine groups is 1. The number of anilines is 1. The van der Waals surface area contributed by atoms with Gasteiger partial charge in [0.1, 0.15) is 11.0 Å². The largest absolute Gasteiger partial charge is 0.495 e. The Morgan fingerprint density at radius 1 is 1.48 bits per heavy atom. The fourth-order valence-corrected chi connectivity index (χ4v) is 2.89. The van der Waals surface area contributed by atoms with Gasteiger partial charge in [-0.15, -0.1) is 0 Å². The molecule has 0 saturated carbocycles. The lowest BCUT2D eigenvalue weighted by Crippen LogP contribution is -2.23. The van der Waals surface area contributed by atoms with Gasteiger partial charge in [0.05, 0.1) is 12.8 Å². The van der Waals surface area contributed by atoms with Crippen LogP contribution < -0.4 is 21.5 Å². The molecule has 2 rings (SSSR count). The Morgan fingerprint density at radius 3 is 2.87 bits per heavy atom. The van der Waals surface area contributed by atoms with Crippen molar-refractivity contribution in [3.8, 4) is 5.75 Å². The SMILES string of the molecule is COc1ccc(C)cc1NC(=O)C[C@H]1SC(N=C(N)N)=NC1=O. The van der Waals surface area contributed by atoms with Crippen LogP contribution in [0.2, 0.25) is 0 Å². The van der Waals surface area contributed by atoms with E-state index in [2.05, 4.69) is 15.3 Å². The number of benzene rings is 1. The molecule has 0 saturated heterocycles. The van der Waals surface area contributed by atoms with Gasteiger partial charge in [-0.25, -0.2) is 0 Å². The number of rotatable bonds is 4. The number of nitrogens with two attached hydrogens (primary N) is 2. The zero-order valence-electron chi connectivity index (χ0n) is 12.7. The number of thioether (sulfide) groups is 1. The second kappa shape index (κ2) is 7.14. The number of aliphatic imine (C=N–C) groups is 2. The molecule has 1 aromatic carbocycles. The van der Waals surface area contributed by atoms with Crippen molar-refractivity contribution >= 4 is 40.4 Å². The maximum atomic E-state index is 12.2. The number of amidine groups is 1. The highest BCUT2D eigenvalue weighted by atomic mass is 32.2. The Morgan fingerprint density at radius 2 is 2.22 bits per heavy atom. The average Bonchev–Trinajstić information content (AvgIpc) is 2.77. The van der Waals surface area contributed by atoms with E-state index >= 15 is 0 Å². The van der Waals surface area contributed by atoms with Crippen molar-refractivity contribution in [3.63, 3.8) is 0 Å². The molecule has 0 fully saturated rings. The number of carbonyl (C=O) groups is 2. The Kier molecular flexibility index (Phi) is 5.22. The van der Waals surface area contributed by atoms with Gasteiger partial charge in [-0.2, -0.15) is 9.98 Å². The third-order valence-corrected chi connectivity index (χ3v) is 4.00. The molecule has 0 spiro atoms. The van der Waals surface area contributed by atoms with Crippen molar-refractivity contribution in [1.82, 2.24) is 0 Å². The topological polar surface area (TPSA) is 132 Å². The first kappa shape index (κ1) is 16.8. The summed E-state index contributed by atoms with van der Waals surface area (Å²) < 4.78 is 5.20. The predicted octanol–water partition coefficient (Wildman–Crippen LogP) is 0.604. The van der Waals surface area contributed by atoms with E-state index in [4.69, 9.17) is 16.2 Å². The van der Waals surface area contributed by atoms with Crippen LogP contribution in [0.15, 0.2) is 28.2 Å². The highest BCUT2D eigenvalue weighted by molar-refractivity contribution is 8.15. The molecule has 122 valence electrons. The molecule has 23 heavy (non-hydrogen) atoms. The zero-order valence-corrected chi connectivity index (χ0v) is 13.5. The molecule has 0 unspecified atom stereocenters. The fraction of sp³-hybridized carbons (Fsp3) is 0.286. The molecule has 9 heteroatoms. The number of nitrogens with zero attached hydrogens (tertiary/aromatic N) is 2. The van der Waals surface area contributed by atoms with Crippen LogP contribution in [0.4, 0.5) is 5.69 Å². The Hall–Kier alpha value is -2.55. The first-order valence-corrected chi connectivity index (χ1v) is 7.60. The summed E-state index contributed by atoms with van der Waals surface area (Å²) in [5.41, 5.74) is 12.0. The summed E-state index contributed by atoms with van der Waals surface area (Å²) in [5, 5.41) is 2.27. The van der Waals surface area contributed by atoms with Crippen LogP contribution in [0, 0.1) is 6.92 Å². The summed E-state index contributed by atoms with van der Waals surface area (Å²) in [6.45, 7) is 1.90. The third kappa shape index (κ3) is 4.46. The molecular formula is C14H17N5O3S. The van der Waals surface area contributed by atoms with Crippen molar-refractivity contribution in [2.75, 3.05) is 12.4 Å². The van der Waals surface area contributed by atoms with Crippen LogP contribution in [0.5, 0.6) is 5.75 Å². The van der Waals surface area contributed by atoms with Crippen molar-refractivity contribution < 1.29 is 14.3 Å². The minimum atomic E-state index is -0.635. The molecular weight excluding hydrogens is 318 g/mol. The Balaban J connectivity index is 2.00.